The molecule has 0 aliphatic heterocycles. The highest BCUT2D eigenvalue weighted by atomic mass is 32.2. The Labute approximate surface area is 179 Å². The van der Waals surface area contributed by atoms with Crippen molar-refractivity contribution in [3.05, 3.63) is 88.1 Å². The highest BCUT2D eigenvalue weighted by Crippen LogP contribution is 2.31. The summed E-state index contributed by atoms with van der Waals surface area (Å²) < 4.78 is 26.2. The van der Waals surface area contributed by atoms with Crippen LogP contribution in [0.15, 0.2) is 77.0 Å². The fourth-order valence-corrected chi connectivity index (χ4v) is 5.65. The van der Waals surface area contributed by atoms with Crippen LogP contribution in [0.1, 0.15) is 21.3 Å². The molecule has 0 aliphatic carbocycles. The third kappa shape index (κ3) is 5.34. The van der Waals surface area contributed by atoms with Crippen LogP contribution >= 0.6 is 11.3 Å². The Morgan fingerprint density at radius 2 is 1.57 bits per heavy atom. The van der Waals surface area contributed by atoms with E-state index in [2.05, 4.69) is 10.6 Å². The number of hydrogen-bond donors (Lipinski definition) is 2. The maximum atomic E-state index is 13.1. The Morgan fingerprint density at radius 1 is 0.900 bits per heavy atom. The Kier molecular flexibility index (Phi) is 7.02. The number of rotatable bonds is 7. The minimum absolute atomic E-state index is 0.168. The second kappa shape index (κ2) is 9.69. The summed E-state index contributed by atoms with van der Waals surface area (Å²) in [5.41, 5.74) is 1.96. The highest BCUT2D eigenvalue weighted by Gasteiger charge is 2.31. The molecule has 156 valence electrons. The fraction of sp³-hybridized carbons (Fsp3) is 0.182. The van der Waals surface area contributed by atoms with Crippen molar-refractivity contribution in [3.8, 4) is 0 Å². The summed E-state index contributed by atoms with van der Waals surface area (Å²) in [5, 5.41) is 5.82. The van der Waals surface area contributed by atoms with E-state index in [1.807, 2.05) is 31.2 Å². The number of carbonyl (C=O) groups excluding carboxylic acids is 2. The number of carbonyl (C=O) groups is 2. The summed E-state index contributed by atoms with van der Waals surface area (Å²) in [7, 11) is -3.74. The predicted octanol–water partition coefficient (Wildman–Crippen LogP) is 3.00. The molecule has 6 nitrogen and oxygen atoms in total. The second-order valence-corrected chi connectivity index (χ2v) is 9.85. The maximum absolute atomic E-state index is 13.1. The molecule has 2 N–H and O–H groups in total. The van der Waals surface area contributed by atoms with E-state index in [9.17, 15) is 18.0 Å². The number of thiophene rings is 1. The molecule has 3 rings (SSSR count). The van der Waals surface area contributed by atoms with Crippen LogP contribution in [0.4, 0.5) is 0 Å². The molecule has 0 aliphatic rings. The van der Waals surface area contributed by atoms with Crippen molar-refractivity contribution in [2.45, 2.75) is 23.6 Å². The molecule has 0 unspecified atom stereocenters. The minimum atomic E-state index is -3.74. The van der Waals surface area contributed by atoms with E-state index < -0.39 is 26.9 Å². The van der Waals surface area contributed by atoms with Crippen LogP contribution in [0, 0.1) is 6.92 Å². The lowest BCUT2D eigenvalue weighted by molar-refractivity contribution is -0.139. The van der Waals surface area contributed by atoms with Crippen molar-refractivity contribution >= 4 is 33.0 Å². The summed E-state index contributed by atoms with van der Waals surface area (Å²) in [4.78, 5) is 25.1. The lowest BCUT2D eigenvalue weighted by Gasteiger charge is -2.17. The lowest BCUT2D eigenvalue weighted by Crippen LogP contribution is -2.42. The third-order valence-corrected chi connectivity index (χ3v) is 7.77. The van der Waals surface area contributed by atoms with Crippen LogP contribution in [-0.4, -0.2) is 26.8 Å². The molecule has 8 heteroatoms. The van der Waals surface area contributed by atoms with E-state index in [0.29, 0.717) is 4.88 Å². The van der Waals surface area contributed by atoms with Gasteiger partial charge in [-0.3, -0.25) is 9.59 Å². The van der Waals surface area contributed by atoms with Crippen molar-refractivity contribution < 1.29 is 18.0 Å². The van der Waals surface area contributed by atoms with E-state index >= 15 is 0 Å². The third-order valence-electron chi connectivity index (χ3n) is 4.53. The molecule has 0 fully saturated rings. The van der Waals surface area contributed by atoms with Gasteiger partial charge in [0, 0.05) is 18.0 Å². The molecule has 0 saturated carbocycles. The minimum Gasteiger partial charge on any atom is -0.346 e. The molecule has 2 aromatic carbocycles. The van der Waals surface area contributed by atoms with Crippen molar-refractivity contribution in [2.75, 3.05) is 6.54 Å². The SMILES string of the molecule is Cc1ccc(CNC(=O)C(=O)NC[C@@H](c2cccs2)S(=O)(=O)c2ccccc2)cc1. The van der Waals surface area contributed by atoms with Gasteiger partial charge in [-0.15, -0.1) is 11.3 Å². The predicted molar refractivity (Wildman–Crippen MR) is 117 cm³/mol. The van der Waals surface area contributed by atoms with E-state index in [1.54, 1.807) is 35.7 Å². The standard InChI is InChI=1S/C22H22N2O4S2/c1-16-9-11-17(12-10-16)14-23-21(25)22(26)24-15-20(19-8-5-13-29-19)30(27,28)18-6-3-2-4-7-18/h2-13,20H,14-15H2,1H3,(H,23,25)(H,24,26)/t20-/m0/s1. The zero-order valence-electron chi connectivity index (χ0n) is 16.4. The Morgan fingerprint density at radius 3 is 2.20 bits per heavy atom. The number of nitrogens with one attached hydrogen (secondary N) is 2. The van der Waals surface area contributed by atoms with Gasteiger partial charge in [-0.1, -0.05) is 54.1 Å². The summed E-state index contributed by atoms with van der Waals surface area (Å²) in [5.74, 6) is -1.68. The number of sulfone groups is 1. The second-order valence-electron chi connectivity index (χ2n) is 6.74. The topological polar surface area (TPSA) is 92.3 Å². The maximum Gasteiger partial charge on any atom is 0.309 e. The fourth-order valence-electron chi connectivity index (χ4n) is 2.85. The number of benzene rings is 2. The Balaban J connectivity index is 1.66. The van der Waals surface area contributed by atoms with Gasteiger partial charge in [-0.25, -0.2) is 8.42 Å². The van der Waals surface area contributed by atoms with Crippen molar-refractivity contribution in [2.24, 2.45) is 0 Å². The molecule has 3 aromatic rings. The Bertz CT molecular complexity index is 1090. The van der Waals surface area contributed by atoms with Gasteiger partial charge in [0.15, 0.2) is 9.84 Å². The van der Waals surface area contributed by atoms with Crippen LogP contribution in [0.2, 0.25) is 0 Å². The average Bonchev–Trinajstić information content (AvgIpc) is 3.28. The molecular formula is C22H22N2O4S2. The monoisotopic (exact) mass is 442 g/mol. The van der Waals surface area contributed by atoms with E-state index in [1.165, 1.54) is 23.5 Å². The lowest BCUT2D eigenvalue weighted by atomic mass is 10.1. The van der Waals surface area contributed by atoms with Crippen molar-refractivity contribution in [1.82, 2.24) is 10.6 Å². The molecule has 0 spiro atoms. The van der Waals surface area contributed by atoms with E-state index in [-0.39, 0.29) is 18.0 Å². The summed E-state index contributed by atoms with van der Waals surface area (Å²) in [6.45, 7) is 1.97. The molecule has 1 atom stereocenters. The highest BCUT2D eigenvalue weighted by molar-refractivity contribution is 7.91. The summed E-state index contributed by atoms with van der Waals surface area (Å²) in [6, 6.07) is 19.1. The van der Waals surface area contributed by atoms with Crippen LogP contribution in [0.5, 0.6) is 0 Å². The first-order valence-electron chi connectivity index (χ1n) is 9.32. The quantitative estimate of drug-likeness (QED) is 0.550. The summed E-state index contributed by atoms with van der Waals surface area (Å²) >= 11 is 1.29. The van der Waals surface area contributed by atoms with Crippen LogP contribution in [0.3, 0.4) is 0 Å². The smallest absolute Gasteiger partial charge is 0.309 e. The van der Waals surface area contributed by atoms with Crippen molar-refractivity contribution in [1.29, 1.82) is 0 Å². The zero-order valence-corrected chi connectivity index (χ0v) is 18.0. The van der Waals surface area contributed by atoms with Gasteiger partial charge in [-0.2, -0.15) is 0 Å². The molecule has 1 heterocycles. The molecule has 0 bridgehead atoms. The molecule has 1 aromatic heterocycles. The van der Waals surface area contributed by atoms with Crippen LogP contribution < -0.4 is 10.6 Å². The van der Waals surface area contributed by atoms with Crippen LogP contribution in [0.25, 0.3) is 0 Å². The first-order valence-corrected chi connectivity index (χ1v) is 11.7. The van der Waals surface area contributed by atoms with Gasteiger partial charge < -0.3 is 10.6 Å². The zero-order chi connectivity index (χ0) is 21.6. The first kappa shape index (κ1) is 21.7. The van der Waals surface area contributed by atoms with Gasteiger partial charge in [0.25, 0.3) is 0 Å². The number of hydrogen-bond acceptors (Lipinski definition) is 5. The van der Waals surface area contributed by atoms with Gasteiger partial charge in [0.1, 0.15) is 5.25 Å². The van der Waals surface area contributed by atoms with Gasteiger partial charge >= 0.3 is 11.8 Å². The Hall–Kier alpha value is -2.97. The molecule has 30 heavy (non-hydrogen) atoms. The van der Waals surface area contributed by atoms with Crippen LogP contribution in [-0.2, 0) is 26.0 Å². The number of aryl methyl sites for hydroxylation is 1. The largest absolute Gasteiger partial charge is 0.346 e. The first-order chi connectivity index (χ1) is 14.4. The normalized spacial score (nSPS) is 12.2. The molecule has 0 saturated heterocycles. The summed E-state index contributed by atoms with van der Waals surface area (Å²) in [6.07, 6.45) is 0. The average molecular weight is 443 g/mol. The van der Waals surface area contributed by atoms with E-state index in [4.69, 9.17) is 0 Å². The van der Waals surface area contributed by atoms with E-state index in [0.717, 1.165) is 11.1 Å². The van der Waals surface area contributed by atoms with Gasteiger partial charge in [0.05, 0.1) is 4.90 Å². The van der Waals surface area contributed by atoms with Gasteiger partial charge in [-0.05, 0) is 36.1 Å². The molecular weight excluding hydrogens is 420 g/mol. The molecule has 2 amide bonds. The van der Waals surface area contributed by atoms with Crippen molar-refractivity contribution in [3.63, 3.8) is 0 Å². The molecule has 0 radical (unpaired) electrons. The number of amides is 2. The van der Waals surface area contributed by atoms with Gasteiger partial charge in [0.2, 0.25) is 0 Å².